The molecule has 0 spiro atoms. The maximum absolute atomic E-state index is 12.7. The molecule has 4 aromatic rings. The number of halogens is 1. The van der Waals surface area contributed by atoms with E-state index in [1.165, 1.54) is 11.1 Å². The second kappa shape index (κ2) is 11.6. The van der Waals surface area contributed by atoms with Crippen LogP contribution in [0.1, 0.15) is 18.1 Å². The second-order valence-corrected chi connectivity index (χ2v) is 10.0. The summed E-state index contributed by atoms with van der Waals surface area (Å²) >= 11 is 6.21. The quantitative estimate of drug-likeness (QED) is 0.193. The molecule has 5 rings (SSSR count). The van der Waals surface area contributed by atoms with Gasteiger partial charge in [0.1, 0.15) is 0 Å². The monoisotopic (exact) mass is 524 g/mol. The SMILES string of the molecule is CC1C=C(C(=O)N=Nc2c(O)n(CN(Cc3ccccc3)Cc3ccccc3)c3ccccc23)C=CC1Cl. The second-order valence-electron chi connectivity index (χ2n) is 9.51. The lowest BCUT2D eigenvalue weighted by molar-refractivity contribution is -0.114. The van der Waals surface area contributed by atoms with Crippen LogP contribution in [0.25, 0.3) is 10.9 Å². The first kappa shape index (κ1) is 25.6. The predicted molar refractivity (Wildman–Crippen MR) is 151 cm³/mol. The van der Waals surface area contributed by atoms with Gasteiger partial charge in [0.25, 0.3) is 5.91 Å². The number of rotatable bonds is 8. The van der Waals surface area contributed by atoms with Gasteiger partial charge < -0.3 is 5.11 Å². The van der Waals surface area contributed by atoms with E-state index in [-0.39, 0.29) is 22.9 Å². The number of carbonyl (C=O) groups is 1. The molecule has 1 aromatic heterocycles. The zero-order valence-electron chi connectivity index (χ0n) is 21.1. The molecule has 2 unspecified atom stereocenters. The lowest BCUT2D eigenvalue weighted by atomic mass is 9.97. The third kappa shape index (κ3) is 5.77. The Morgan fingerprint density at radius 1 is 0.947 bits per heavy atom. The van der Waals surface area contributed by atoms with E-state index in [0.717, 1.165) is 10.9 Å². The van der Waals surface area contributed by atoms with Crippen LogP contribution in [-0.2, 0) is 24.6 Å². The number of nitrogens with zero attached hydrogens (tertiary/aromatic N) is 4. The van der Waals surface area contributed by atoms with Gasteiger partial charge in [0.15, 0.2) is 5.69 Å². The van der Waals surface area contributed by atoms with Gasteiger partial charge in [-0.05, 0) is 23.1 Å². The first-order valence-electron chi connectivity index (χ1n) is 12.6. The summed E-state index contributed by atoms with van der Waals surface area (Å²) in [5.74, 6) is -0.481. The van der Waals surface area contributed by atoms with Gasteiger partial charge >= 0.3 is 0 Å². The van der Waals surface area contributed by atoms with Gasteiger partial charge in [-0.3, -0.25) is 14.3 Å². The molecule has 0 saturated carbocycles. The summed E-state index contributed by atoms with van der Waals surface area (Å²) in [5, 5.41) is 20.1. The van der Waals surface area contributed by atoms with E-state index in [1.807, 2.05) is 72.2 Å². The van der Waals surface area contributed by atoms with Gasteiger partial charge in [0.2, 0.25) is 5.88 Å². The van der Waals surface area contributed by atoms with E-state index in [4.69, 9.17) is 11.6 Å². The highest BCUT2D eigenvalue weighted by Gasteiger charge is 2.21. The van der Waals surface area contributed by atoms with Crippen molar-refractivity contribution in [2.45, 2.75) is 32.1 Å². The van der Waals surface area contributed by atoms with Crippen LogP contribution in [0, 0.1) is 5.92 Å². The number of allylic oxidation sites excluding steroid dienone is 2. The Balaban J connectivity index is 1.46. The predicted octanol–water partition coefficient (Wildman–Crippen LogP) is 7.36. The fourth-order valence-electron chi connectivity index (χ4n) is 4.65. The summed E-state index contributed by atoms with van der Waals surface area (Å²) < 4.78 is 1.82. The Morgan fingerprint density at radius 3 is 2.18 bits per heavy atom. The van der Waals surface area contributed by atoms with Crippen LogP contribution in [0.15, 0.2) is 119 Å². The van der Waals surface area contributed by atoms with E-state index in [0.29, 0.717) is 25.3 Å². The number of hydrogen-bond acceptors (Lipinski definition) is 4. The lowest BCUT2D eigenvalue weighted by Crippen LogP contribution is -2.25. The average Bonchev–Trinajstić information content (AvgIpc) is 3.20. The molecule has 2 atom stereocenters. The maximum atomic E-state index is 12.7. The number of amides is 1. The lowest BCUT2D eigenvalue weighted by Gasteiger charge is -2.24. The summed E-state index contributed by atoms with van der Waals surface area (Å²) in [4.78, 5) is 15.0. The van der Waals surface area contributed by atoms with Crippen LogP contribution in [0.3, 0.4) is 0 Å². The Hall–Kier alpha value is -4.00. The molecule has 0 bridgehead atoms. The van der Waals surface area contributed by atoms with Crippen molar-refractivity contribution in [2.24, 2.45) is 16.1 Å². The first-order valence-corrected chi connectivity index (χ1v) is 13.0. The number of benzene rings is 3. The zero-order chi connectivity index (χ0) is 26.5. The standard InChI is InChI=1S/C31H29ClN4O2/c1-22-18-25(16-17-27(22)32)30(37)34-33-29-26-14-8-9-15-28(26)36(31(29)38)21-35(19-23-10-4-2-5-11-23)20-24-12-6-3-7-13-24/h2-18,22,27,38H,19-21H2,1H3. The van der Waals surface area contributed by atoms with Gasteiger partial charge in [-0.1, -0.05) is 104 Å². The molecule has 3 aromatic carbocycles. The van der Waals surface area contributed by atoms with Crippen LogP contribution >= 0.6 is 11.6 Å². The normalized spacial score (nSPS) is 17.4. The van der Waals surface area contributed by atoms with Crippen molar-refractivity contribution < 1.29 is 9.90 Å². The Bertz CT molecular complexity index is 1470. The average molecular weight is 525 g/mol. The number of hydrogen-bond donors (Lipinski definition) is 1. The van der Waals surface area contributed by atoms with Gasteiger partial charge in [-0.25, -0.2) is 0 Å². The topological polar surface area (TPSA) is 70.2 Å². The fourth-order valence-corrected chi connectivity index (χ4v) is 4.80. The number of carbonyl (C=O) groups excluding carboxylic acids is 1. The van der Waals surface area contributed by atoms with Gasteiger partial charge in [0, 0.05) is 24.0 Å². The Labute approximate surface area is 227 Å². The number of alkyl halides is 1. The van der Waals surface area contributed by atoms with Crippen LogP contribution in [0.4, 0.5) is 5.69 Å². The molecular formula is C31H29ClN4O2. The van der Waals surface area contributed by atoms with E-state index >= 15 is 0 Å². The molecule has 7 heteroatoms. The van der Waals surface area contributed by atoms with Gasteiger partial charge in [0.05, 0.1) is 17.6 Å². The summed E-state index contributed by atoms with van der Waals surface area (Å²) in [6.07, 6.45) is 5.26. The molecule has 0 fully saturated rings. The van der Waals surface area contributed by atoms with E-state index < -0.39 is 5.91 Å². The van der Waals surface area contributed by atoms with Crippen molar-refractivity contribution in [2.75, 3.05) is 0 Å². The number of aromatic nitrogens is 1. The summed E-state index contributed by atoms with van der Waals surface area (Å²) in [6.45, 7) is 3.75. The Morgan fingerprint density at radius 2 is 1.55 bits per heavy atom. The van der Waals surface area contributed by atoms with Crippen molar-refractivity contribution >= 4 is 34.1 Å². The highest BCUT2D eigenvalue weighted by Crippen LogP contribution is 2.39. The fraction of sp³-hybridized carbons (Fsp3) is 0.194. The molecule has 1 aliphatic rings. The molecule has 0 saturated heterocycles. The molecule has 6 nitrogen and oxygen atoms in total. The minimum Gasteiger partial charge on any atom is -0.493 e. The van der Waals surface area contributed by atoms with Gasteiger partial charge in [-0.15, -0.1) is 21.8 Å². The maximum Gasteiger partial charge on any atom is 0.295 e. The van der Waals surface area contributed by atoms with E-state index in [2.05, 4.69) is 39.4 Å². The van der Waals surface area contributed by atoms with Crippen LogP contribution in [0.2, 0.25) is 0 Å². The minimum atomic E-state index is -0.470. The number of fused-ring (bicyclic) bond motifs is 1. The van der Waals surface area contributed by atoms with Crippen LogP contribution in [-0.4, -0.2) is 25.9 Å². The molecule has 0 aliphatic heterocycles. The smallest absolute Gasteiger partial charge is 0.295 e. The Kier molecular flexibility index (Phi) is 7.82. The van der Waals surface area contributed by atoms with Gasteiger partial charge in [-0.2, -0.15) is 0 Å². The van der Waals surface area contributed by atoms with Crippen LogP contribution < -0.4 is 0 Å². The molecule has 0 radical (unpaired) electrons. The minimum absolute atomic E-state index is 0.0198. The third-order valence-corrected chi connectivity index (χ3v) is 7.19. The van der Waals surface area contributed by atoms with E-state index in [9.17, 15) is 9.90 Å². The molecule has 192 valence electrons. The summed E-state index contributed by atoms with van der Waals surface area (Å²) in [5.41, 5.74) is 3.88. The molecule has 1 aliphatic carbocycles. The molecular weight excluding hydrogens is 496 g/mol. The summed E-state index contributed by atoms with van der Waals surface area (Å²) in [7, 11) is 0. The molecule has 38 heavy (non-hydrogen) atoms. The number of para-hydroxylation sites is 1. The van der Waals surface area contributed by atoms with Crippen molar-refractivity contribution in [3.8, 4) is 5.88 Å². The van der Waals surface area contributed by atoms with Crippen molar-refractivity contribution in [1.29, 1.82) is 0 Å². The van der Waals surface area contributed by atoms with Crippen LogP contribution in [0.5, 0.6) is 5.88 Å². The van der Waals surface area contributed by atoms with Crippen molar-refractivity contribution in [3.63, 3.8) is 0 Å². The molecule has 1 heterocycles. The molecule has 1 N–H and O–H groups in total. The first-order chi connectivity index (χ1) is 18.5. The number of azo groups is 1. The van der Waals surface area contributed by atoms with Crippen molar-refractivity contribution in [1.82, 2.24) is 9.47 Å². The van der Waals surface area contributed by atoms with Crippen molar-refractivity contribution in [3.05, 3.63) is 120 Å². The highest BCUT2D eigenvalue weighted by atomic mass is 35.5. The zero-order valence-corrected chi connectivity index (χ0v) is 21.9. The largest absolute Gasteiger partial charge is 0.493 e. The highest BCUT2D eigenvalue weighted by molar-refractivity contribution is 6.22. The summed E-state index contributed by atoms with van der Waals surface area (Å²) in [6, 6.07) is 28.1. The van der Waals surface area contributed by atoms with E-state index in [1.54, 1.807) is 18.2 Å². The molecule has 1 amide bonds. The number of aromatic hydroxyl groups is 1. The third-order valence-electron chi connectivity index (χ3n) is 6.65.